The van der Waals surface area contributed by atoms with E-state index in [1.54, 1.807) is 31.2 Å². The smallest absolute Gasteiger partial charge is 0.258 e. The van der Waals surface area contributed by atoms with Crippen molar-refractivity contribution in [1.29, 1.82) is 0 Å². The number of methoxy groups -OCH3 is 2. The fraction of sp³-hybridized carbons (Fsp3) is 0.250. The number of carbonyl (C=O) groups is 6. The van der Waals surface area contributed by atoms with E-state index in [1.807, 2.05) is 12.1 Å². The van der Waals surface area contributed by atoms with Gasteiger partial charge in [0.1, 0.15) is 22.9 Å². The average Bonchev–Trinajstić information content (AvgIpc) is 3.31. The van der Waals surface area contributed by atoms with Gasteiger partial charge >= 0.3 is 0 Å². The number of ether oxygens (including phenoxy) is 2. The number of rotatable bonds is 21. The van der Waals surface area contributed by atoms with Gasteiger partial charge in [-0.3, -0.25) is 28.8 Å². The lowest BCUT2D eigenvalue weighted by Crippen LogP contribution is -2.32. The van der Waals surface area contributed by atoms with Gasteiger partial charge in [0.05, 0.1) is 41.0 Å². The van der Waals surface area contributed by atoms with Crippen LogP contribution in [0, 0.1) is 0 Å². The SMILES string of the molecule is COc1cccc(CCCl)c1NC(=O)c1ccc(Cl)c(N=NC(C(C)=O)C(=O)Nc2ccc(NC(=O)C(N=Nc3cc(C(=O)Nc4c(CCCl)cccc4OC)ccc3Cl)C(C)=O)c(C(C)Cl)c2)c1. The Balaban J connectivity index is 1.30. The summed E-state index contributed by atoms with van der Waals surface area (Å²) >= 11 is 31.3. The molecular formula is C48H45Cl5N8O8. The van der Waals surface area contributed by atoms with E-state index in [0.29, 0.717) is 53.0 Å². The molecule has 0 fully saturated rings. The first-order valence-corrected chi connectivity index (χ1v) is 23.1. The lowest BCUT2D eigenvalue weighted by atomic mass is 10.1. The maximum Gasteiger partial charge on any atom is 0.258 e. The van der Waals surface area contributed by atoms with Gasteiger partial charge in [0.2, 0.25) is 12.1 Å². The molecule has 0 aromatic heterocycles. The summed E-state index contributed by atoms with van der Waals surface area (Å²) in [5, 5.41) is 26.5. The number of hydrogen-bond donors (Lipinski definition) is 4. The van der Waals surface area contributed by atoms with Gasteiger partial charge in [0.25, 0.3) is 23.6 Å². The summed E-state index contributed by atoms with van der Waals surface area (Å²) < 4.78 is 10.9. The Kier molecular flexibility index (Phi) is 19.6. The van der Waals surface area contributed by atoms with Crippen molar-refractivity contribution in [2.24, 2.45) is 20.5 Å². The largest absolute Gasteiger partial charge is 0.495 e. The highest BCUT2D eigenvalue weighted by molar-refractivity contribution is 6.33. The third-order valence-corrected chi connectivity index (χ3v) is 11.4. The molecular weight excluding hydrogens is 994 g/mol. The molecule has 21 heteroatoms. The predicted octanol–water partition coefficient (Wildman–Crippen LogP) is 11.7. The van der Waals surface area contributed by atoms with Crippen LogP contribution in [0.1, 0.15) is 63.6 Å². The number of alkyl halides is 3. The number of nitrogens with zero attached hydrogens (tertiary/aromatic N) is 4. The Morgan fingerprint density at radius 2 is 1.04 bits per heavy atom. The molecule has 4 N–H and O–H groups in total. The quantitative estimate of drug-likeness (QED) is 0.0314. The molecule has 0 aliphatic rings. The third kappa shape index (κ3) is 14.1. The van der Waals surface area contributed by atoms with Crippen LogP contribution in [-0.4, -0.2) is 73.3 Å². The first kappa shape index (κ1) is 53.5. The lowest BCUT2D eigenvalue weighted by Gasteiger charge is -2.17. The fourth-order valence-electron chi connectivity index (χ4n) is 6.60. The Bertz CT molecular complexity index is 2820. The summed E-state index contributed by atoms with van der Waals surface area (Å²) in [5.41, 5.74) is 3.36. The standard InChI is InChI=1S/C48H45Cl5N8O8/c1-25(51)33-24-32(54-47(66)41(26(2)62)60-58-37-22-30(12-15-34(37)52)45(64)56-43-28(18-20-49)8-6-10-39(43)68-4)14-17-36(33)55-48(67)42(27(3)63)61-59-38-23-31(13-16-35(38)53)46(65)57-44-29(19-21-50)9-7-11-40(44)69-5/h6-17,22-25,41-42H,18-21H2,1-5H3,(H,54,66)(H,55,67)(H,56,64)(H,57,65). The number of amides is 4. The molecule has 69 heavy (non-hydrogen) atoms. The van der Waals surface area contributed by atoms with Crippen molar-refractivity contribution in [2.45, 2.75) is 51.1 Å². The minimum absolute atomic E-state index is 0.00402. The zero-order valence-electron chi connectivity index (χ0n) is 37.7. The maximum atomic E-state index is 13.6. The van der Waals surface area contributed by atoms with Crippen LogP contribution in [0.4, 0.5) is 34.1 Å². The van der Waals surface area contributed by atoms with Crippen molar-refractivity contribution in [3.8, 4) is 11.5 Å². The molecule has 5 aromatic rings. The van der Waals surface area contributed by atoms with Crippen molar-refractivity contribution < 1.29 is 38.2 Å². The van der Waals surface area contributed by atoms with Crippen molar-refractivity contribution in [2.75, 3.05) is 47.2 Å². The van der Waals surface area contributed by atoms with E-state index in [4.69, 9.17) is 67.5 Å². The van der Waals surface area contributed by atoms with Crippen LogP contribution in [0.2, 0.25) is 10.0 Å². The molecule has 16 nitrogen and oxygen atoms in total. The maximum absolute atomic E-state index is 13.6. The number of Topliss-reactive ketones (excluding diaryl/α,β-unsaturated/α-hetero) is 2. The van der Waals surface area contributed by atoms with Gasteiger partial charge in [0, 0.05) is 34.3 Å². The number of halogens is 5. The third-order valence-electron chi connectivity index (χ3n) is 10.1. The number of ketones is 2. The first-order chi connectivity index (χ1) is 33.0. The van der Waals surface area contributed by atoms with E-state index in [2.05, 4.69) is 41.7 Å². The first-order valence-electron chi connectivity index (χ1n) is 20.9. The number of anilines is 4. The molecule has 0 heterocycles. The van der Waals surface area contributed by atoms with Crippen molar-refractivity contribution in [3.05, 3.63) is 129 Å². The summed E-state index contributed by atoms with van der Waals surface area (Å²) in [6.45, 7) is 3.91. The van der Waals surface area contributed by atoms with Crippen molar-refractivity contribution in [3.63, 3.8) is 0 Å². The molecule has 0 radical (unpaired) electrons. The minimum Gasteiger partial charge on any atom is -0.495 e. The van der Waals surface area contributed by atoms with Crippen LogP contribution in [-0.2, 0) is 32.0 Å². The topological polar surface area (TPSA) is 218 Å². The van der Waals surface area contributed by atoms with Gasteiger partial charge in [-0.05, 0) is 117 Å². The number of azo groups is 2. The van der Waals surface area contributed by atoms with E-state index in [-0.39, 0.29) is 43.9 Å². The highest BCUT2D eigenvalue weighted by Crippen LogP contribution is 2.35. The van der Waals surface area contributed by atoms with Crippen molar-refractivity contribution in [1.82, 2.24) is 0 Å². The summed E-state index contributed by atoms with van der Waals surface area (Å²) in [4.78, 5) is 79.3. The van der Waals surface area contributed by atoms with Crippen LogP contribution in [0.15, 0.2) is 111 Å². The molecule has 0 aliphatic carbocycles. The minimum atomic E-state index is -1.66. The Labute approximate surface area is 422 Å². The van der Waals surface area contributed by atoms with Gasteiger partial charge in [-0.1, -0.05) is 47.5 Å². The normalized spacial score (nSPS) is 12.5. The van der Waals surface area contributed by atoms with E-state index in [0.717, 1.165) is 25.0 Å². The fourth-order valence-corrected chi connectivity index (χ4v) is 7.50. The molecule has 0 saturated heterocycles. The summed E-state index contributed by atoms with van der Waals surface area (Å²) in [7, 11) is 2.95. The number of nitrogens with one attached hydrogen (secondary N) is 4. The molecule has 360 valence electrons. The number of para-hydroxylation sites is 2. The molecule has 3 atom stereocenters. The second-order valence-corrected chi connectivity index (χ2v) is 17.2. The van der Waals surface area contributed by atoms with Crippen LogP contribution >= 0.6 is 58.0 Å². The predicted molar refractivity (Wildman–Crippen MR) is 270 cm³/mol. The second-order valence-electron chi connectivity index (χ2n) is 15.0. The van der Waals surface area contributed by atoms with Crippen LogP contribution < -0.4 is 30.7 Å². The molecule has 0 bridgehead atoms. The lowest BCUT2D eigenvalue weighted by molar-refractivity contribution is -0.127. The summed E-state index contributed by atoms with van der Waals surface area (Å²) in [5.74, 6) is -2.63. The molecule has 3 unspecified atom stereocenters. The van der Waals surface area contributed by atoms with E-state index >= 15 is 0 Å². The Hall–Kier alpha value is -6.43. The number of benzene rings is 5. The van der Waals surface area contributed by atoms with Crippen LogP contribution in [0.3, 0.4) is 0 Å². The number of carbonyl (C=O) groups excluding carboxylic acids is 6. The molecule has 0 aliphatic heterocycles. The van der Waals surface area contributed by atoms with Crippen LogP contribution in [0.25, 0.3) is 0 Å². The van der Waals surface area contributed by atoms with Crippen LogP contribution in [0.5, 0.6) is 11.5 Å². The monoisotopic (exact) mass is 1040 g/mol. The van der Waals surface area contributed by atoms with E-state index in [9.17, 15) is 28.8 Å². The Morgan fingerprint density at radius 1 is 0.594 bits per heavy atom. The zero-order chi connectivity index (χ0) is 50.4. The van der Waals surface area contributed by atoms with Gasteiger partial charge in [0.15, 0.2) is 11.6 Å². The average molecular weight is 1040 g/mol. The Morgan fingerprint density at radius 3 is 1.45 bits per heavy atom. The summed E-state index contributed by atoms with van der Waals surface area (Å²) in [6.07, 6.45) is 0.933. The van der Waals surface area contributed by atoms with Gasteiger partial charge in [-0.25, -0.2) is 0 Å². The van der Waals surface area contributed by atoms with Crippen molar-refractivity contribution >= 4 is 127 Å². The second kappa shape index (κ2) is 25.3. The molecule has 4 amide bonds. The highest BCUT2D eigenvalue weighted by Gasteiger charge is 2.27. The van der Waals surface area contributed by atoms with Gasteiger partial charge in [-0.2, -0.15) is 20.5 Å². The molecule has 0 spiro atoms. The highest BCUT2D eigenvalue weighted by atomic mass is 35.5. The number of aryl methyl sites for hydroxylation is 2. The zero-order valence-corrected chi connectivity index (χ0v) is 41.4. The van der Waals surface area contributed by atoms with E-state index < -0.39 is 52.7 Å². The summed E-state index contributed by atoms with van der Waals surface area (Å²) in [6, 6.07) is 20.1. The van der Waals surface area contributed by atoms with Gasteiger partial charge < -0.3 is 30.7 Å². The number of hydrogen-bond acceptors (Lipinski definition) is 12. The molecule has 0 saturated carbocycles. The molecule has 5 aromatic carbocycles. The van der Waals surface area contributed by atoms with E-state index in [1.165, 1.54) is 68.8 Å². The molecule has 5 rings (SSSR count). The van der Waals surface area contributed by atoms with Gasteiger partial charge in [-0.15, -0.1) is 34.8 Å².